The Morgan fingerprint density at radius 3 is 2.55 bits per heavy atom. The molecule has 0 atom stereocenters. The molecule has 1 saturated carbocycles. The van der Waals surface area contributed by atoms with Crippen molar-refractivity contribution in [3.63, 3.8) is 0 Å². The topological polar surface area (TPSA) is 52.6 Å². The summed E-state index contributed by atoms with van der Waals surface area (Å²) in [5.74, 6) is -0.0854. The lowest BCUT2D eigenvalue weighted by Crippen LogP contribution is -2.30. The lowest BCUT2D eigenvalue weighted by molar-refractivity contribution is -0.120. The van der Waals surface area contributed by atoms with Gasteiger partial charge in [-0.05, 0) is 56.4 Å². The van der Waals surface area contributed by atoms with E-state index < -0.39 is 5.60 Å². The average Bonchev–Trinajstić information content (AvgIpc) is 3.10. The van der Waals surface area contributed by atoms with Gasteiger partial charge in [-0.15, -0.1) is 0 Å². The molecule has 22 heavy (non-hydrogen) atoms. The highest BCUT2D eigenvalue weighted by atomic mass is 16.3. The summed E-state index contributed by atoms with van der Waals surface area (Å²) >= 11 is 0. The minimum Gasteiger partial charge on any atom is -0.389 e. The second-order valence-electron chi connectivity index (χ2n) is 6.85. The summed E-state index contributed by atoms with van der Waals surface area (Å²) in [6, 6.07) is 6.10. The lowest BCUT2D eigenvalue weighted by atomic mass is 9.97. The molecule has 1 saturated heterocycles. The molecule has 0 spiro atoms. The highest BCUT2D eigenvalue weighted by molar-refractivity contribution is 5.91. The van der Waals surface area contributed by atoms with Gasteiger partial charge in [0.2, 0.25) is 5.91 Å². The quantitative estimate of drug-likeness (QED) is 0.898. The van der Waals surface area contributed by atoms with Crippen LogP contribution in [-0.2, 0) is 4.79 Å². The third-order valence-electron chi connectivity index (χ3n) is 4.95. The number of nitrogens with zero attached hydrogens (tertiary/aromatic N) is 1. The molecule has 2 aliphatic rings. The van der Waals surface area contributed by atoms with Crippen molar-refractivity contribution in [1.29, 1.82) is 0 Å². The maximum atomic E-state index is 12.1. The van der Waals surface area contributed by atoms with Crippen molar-refractivity contribution in [2.75, 3.05) is 23.3 Å². The summed E-state index contributed by atoms with van der Waals surface area (Å²) in [6.07, 6.45) is 6.26. The molecule has 0 unspecified atom stereocenters. The van der Waals surface area contributed by atoms with E-state index in [0.29, 0.717) is 0 Å². The van der Waals surface area contributed by atoms with Crippen molar-refractivity contribution >= 4 is 17.3 Å². The molecule has 1 aromatic rings. The van der Waals surface area contributed by atoms with Crippen LogP contribution in [0.2, 0.25) is 0 Å². The van der Waals surface area contributed by atoms with Gasteiger partial charge in [0.1, 0.15) is 0 Å². The van der Waals surface area contributed by atoms with Gasteiger partial charge >= 0.3 is 0 Å². The van der Waals surface area contributed by atoms with Crippen molar-refractivity contribution < 1.29 is 9.90 Å². The van der Waals surface area contributed by atoms with Crippen molar-refractivity contribution in [3.05, 3.63) is 23.8 Å². The van der Waals surface area contributed by atoms with Crippen LogP contribution in [0.25, 0.3) is 0 Å². The van der Waals surface area contributed by atoms with E-state index in [9.17, 15) is 9.90 Å². The smallest absolute Gasteiger partial charge is 0.227 e. The largest absolute Gasteiger partial charge is 0.389 e. The zero-order chi connectivity index (χ0) is 15.6. The predicted octanol–water partition coefficient (Wildman–Crippen LogP) is 3.23. The molecule has 0 aromatic heterocycles. The van der Waals surface area contributed by atoms with Gasteiger partial charge in [0.15, 0.2) is 0 Å². The molecular formula is C18H26N2O2. The van der Waals surface area contributed by atoms with Crippen molar-refractivity contribution in [1.82, 2.24) is 0 Å². The van der Waals surface area contributed by atoms with E-state index in [1.165, 1.54) is 24.1 Å². The molecule has 1 amide bonds. The molecule has 1 aliphatic carbocycles. The highest BCUT2D eigenvalue weighted by Crippen LogP contribution is 2.33. The number of hydrogen-bond donors (Lipinski definition) is 2. The first-order valence-corrected chi connectivity index (χ1v) is 8.44. The maximum Gasteiger partial charge on any atom is 0.227 e. The maximum absolute atomic E-state index is 12.1. The molecule has 1 aromatic carbocycles. The average molecular weight is 302 g/mol. The Morgan fingerprint density at radius 1 is 1.23 bits per heavy atom. The van der Waals surface area contributed by atoms with Gasteiger partial charge in [0.05, 0.1) is 12.0 Å². The Hall–Kier alpha value is -1.55. The molecular weight excluding hydrogens is 276 g/mol. The number of nitrogens with one attached hydrogen (secondary N) is 1. The Bertz CT molecular complexity index is 544. The number of rotatable bonds is 4. The fourth-order valence-electron chi connectivity index (χ4n) is 3.76. The number of amides is 1. The summed E-state index contributed by atoms with van der Waals surface area (Å²) in [6.45, 7) is 4.34. The molecule has 4 nitrogen and oxygen atoms in total. The SMILES string of the molecule is Cc1cc(NC(=O)CC2(O)CCCC2)ccc1N1CCCC1. The van der Waals surface area contributed by atoms with Crippen LogP contribution < -0.4 is 10.2 Å². The van der Waals surface area contributed by atoms with Crippen molar-refractivity contribution in [3.8, 4) is 0 Å². The Balaban J connectivity index is 1.62. The summed E-state index contributed by atoms with van der Waals surface area (Å²) in [5, 5.41) is 13.2. The van der Waals surface area contributed by atoms with Crippen LogP contribution in [0.4, 0.5) is 11.4 Å². The van der Waals surface area contributed by atoms with Crippen LogP contribution in [0.5, 0.6) is 0 Å². The van der Waals surface area contributed by atoms with E-state index in [2.05, 4.69) is 23.2 Å². The van der Waals surface area contributed by atoms with Crippen LogP contribution in [0.3, 0.4) is 0 Å². The van der Waals surface area contributed by atoms with E-state index >= 15 is 0 Å². The monoisotopic (exact) mass is 302 g/mol. The van der Waals surface area contributed by atoms with Gasteiger partial charge in [-0.2, -0.15) is 0 Å². The van der Waals surface area contributed by atoms with E-state index in [4.69, 9.17) is 0 Å². The number of anilines is 2. The fraction of sp³-hybridized carbons (Fsp3) is 0.611. The van der Waals surface area contributed by atoms with Crippen LogP contribution in [0.15, 0.2) is 18.2 Å². The van der Waals surface area contributed by atoms with Gasteiger partial charge in [0, 0.05) is 24.5 Å². The van der Waals surface area contributed by atoms with E-state index in [1.807, 2.05) is 12.1 Å². The second-order valence-corrected chi connectivity index (χ2v) is 6.85. The second kappa shape index (κ2) is 6.29. The van der Waals surface area contributed by atoms with Gasteiger partial charge < -0.3 is 15.3 Å². The van der Waals surface area contributed by atoms with Crippen molar-refractivity contribution in [2.45, 2.75) is 57.5 Å². The van der Waals surface area contributed by atoms with Crippen LogP contribution in [0.1, 0.15) is 50.5 Å². The minimum atomic E-state index is -0.783. The van der Waals surface area contributed by atoms with Crippen LogP contribution in [0, 0.1) is 6.92 Å². The summed E-state index contributed by atoms with van der Waals surface area (Å²) in [5.41, 5.74) is 2.51. The first-order chi connectivity index (χ1) is 10.6. The Morgan fingerprint density at radius 2 is 1.91 bits per heavy atom. The molecule has 0 bridgehead atoms. The minimum absolute atomic E-state index is 0.0854. The standard InChI is InChI=1S/C18H26N2O2/c1-14-12-15(6-7-16(14)20-10-4-5-11-20)19-17(21)13-18(22)8-2-3-9-18/h6-7,12,22H,2-5,8-11,13H2,1H3,(H,19,21). The molecule has 120 valence electrons. The summed E-state index contributed by atoms with van der Waals surface area (Å²) in [7, 11) is 0. The Labute approximate surface area is 132 Å². The third kappa shape index (κ3) is 3.43. The van der Waals surface area contributed by atoms with Gasteiger partial charge in [-0.3, -0.25) is 4.79 Å². The molecule has 0 radical (unpaired) electrons. The number of carbonyl (C=O) groups is 1. The van der Waals surface area contributed by atoms with Gasteiger partial charge in [0.25, 0.3) is 0 Å². The molecule has 1 aliphatic heterocycles. The first kappa shape index (κ1) is 15.3. The lowest BCUT2D eigenvalue weighted by Gasteiger charge is -2.22. The van der Waals surface area contributed by atoms with Crippen LogP contribution >= 0.6 is 0 Å². The Kier molecular flexibility index (Phi) is 4.39. The molecule has 2 fully saturated rings. The highest BCUT2D eigenvalue weighted by Gasteiger charge is 2.33. The van der Waals surface area contributed by atoms with Crippen molar-refractivity contribution in [2.24, 2.45) is 0 Å². The number of benzene rings is 1. The first-order valence-electron chi connectivity index (χ1n) is 8.44. The molecule has 4 heteroatoms. The van der Waals surface area contributed by atoms with Gasteiger partial charge in [-0.25, -0.2) is 0 Å². The number of hydrogen-bond acceptors (Lipinski definition) is 3. The fourth-order valence-corrected chi connectivity index (χ4v) is 3.76. The van der Waals surface area contributed by atoms with Gasteiger partial charge in [-0.1, -0.05) is 12.8 Å². The number of carbonyl (C=O) groups excluding carboxylic acids is 1. The predicted molar refractivity (Wildman–Crippen MR) is 89.3 cm³/mol. The van der Waals surface area contributed by atoms with E-state index in [-0.39, 0.29) is 12.3 Å². The normalized spacial score (nSPS) is 20.4. The molecule has 2 N–H and O–H groups in total. The number of aryl methyl sites for hydroxylation is 1. The van der Waals surface area contributed by atoms with E-state index in [0.717, 1.165) is 44.5 Å². The summed E-state index contributed by atoms with van der Waals surface area (Å²) < 4.78 is 0. The molecule has 3 rings (SSSR count). The zero-order valence-corrected chi connectivity index (χ0v) is 13.4. The number of aliphatic hydroxyl groups is 1. The summed E-state index contributed by atoms with van der Waals surface area (Å²) in [4.78, 5) is 14.5. The third-order valence-corrected chi connectivity index (χ3v) is 4.95. The molecule has 1 heterocycles. The van der Waals surface area contributed by atoms with Crippen LogP contribution in [-0.4, -0.2) is 29.7 Å². The zero-order valence-electron chi connectivity index (χ0n) is 13.4. The van der Waals surface area contributed by atoms with E-state index in [1.54, 1.807) is 0 Å².